The van der Waals surface area contributed by atoms with Crippen LogP contribution in [0.15, 0.2) is 30.3 Å². The summed E-state index contributed by atoms with van der Waals surface area (Å²) in [5.41, 5.74) is 6.98. The molecule has 4 nitrogen and oxygen atoms in total. The van der Waals surface area contributed by atoms with Crippen molar-refractivity contribution in [1.82, 2.24) is 4.90 Å². The normalized spacial score (nSPS) is 20.7. The molecule has 0 aromatic heterocycles. The van der Waals surface area contributed by atoms with Crippen molar-refractivity contribution in [2.24, 2.45) is 5.73 Å². The van der Waals surface area contributed by atoms with Crippen molar-refractivity contribution in [3.05, 3.63) is 35.9 Å². The van der Waals surface area contributed by atoms with Gasteiger partial charge < -0.3 is 15.4 Å². The number of nitrogens with two attached hydrogens (primary N) is 1. The van der Waals surface area contributed by atoms with Gasteiger partial charge in [0.05, 0.1) is 12.1 Å². The molecule has 2 rings (SSSR count). The third-order valence-electron chi connectivity index (χ3n) is 3.36. The Bertz CT molecular complexity index is 419. The summed E-state index contributed by atoms with van der Waals surface area (Å²) in [5, 5.41) is 0. The molecule has 1 heterocycles. The molecule has 1 aliphatic rings. The molecule has 96 valence electrons. The summed E-state index contributed by atoms with van der Waals surface area (Å²) in [6, 6.07) is 8.85. The second-order valence-electron chi connectivity index (χ2n) is 4.67. The molecule has 0 unspecified atom stereocenters. The third-order valence-corrected chi connectivity index (χ3v) is 3.36. The van der Waals surface area contributed by atoms with Crippen LogP contribution in [0.3, 0.4) is 0 Å². The molecular formula is C14H18N2O2. The van der Waals surface area contributed by atoms with Crippen LogP contribution in [0.1, 0.15) is 18.4 Å². The number of aldehydes is 1. The first-order chi connectivity index (χ1) is 8.72. The monoisotopic (exact) mass is 246 g/mol. The number of likely N-dealkylation sites (tertiary alicyclic amines) is 1. The molecular weight excluding hydrogens is 228 g/mol. The Kier molecular flexibility index (Phi) is 4.10. The predicted molar refractivity (Wildman–Crippen MR) is 68.9 cm³/mol. The fourth-order valence-electron chi connectivity index (χ4n) is 2.38. The van der Waals surface area contributed by atoms with E-state index in [0.29, 0.717) is 13.0 Å². The summed E-state index contributed by atoms with van der Waals surface area (Å²) in [5.74, 6) is -0.117. The van der Waals surface area contributed by atoms with Gasteiger partial charge in [0.1, 0.15) is 6.29 Å². The molecule has 0 saturated carbocycles. The fourth-order valence-corrected chi connectivity index (χ4v) is 2.38. The van der Waals surface area contributed by atoms with Crippen molar-refractivity contribution in [1.29, 1.82) is 0 Å². The van der Waals surface area contributed by atoms with E-state index in [1.807, 2.05) is 30.3 Å². The largest absolute Gasteiger partial charge is 0.332 e. The molecule has 18 heavy (non-hydrogen) atoms. The van der Waals surface area contributed by atoms with E-state index in [0.717, 1.165) is 24.7 Å². The summed E-state index contributed by atoms with van der Waals surface area (Å²) in [4.78, 5) is 24.6. The van der Waals surface area contributed by atoms with E-state index in [1.165, 1.54) is 0 Å². The second kappa shape index (κ2) is 5.78. The Morgan fingerprint density at radius 3 is 2.83 bits per heavy atom. The van der Waals surface area contributed by atoms with Gasteiger partial charge in [-0.1, -0.05) is 30.3 Å². The van der Waals surface area contributed by atoms with Crippen LogP contribution in [0.2, 0.25) is 0 Å². The molecule has 1 amide bonds. The highest BCUT2D eigenvalue weighted by molar-refractivity contribution is 5.85. The van der Waals surface area contributed by atoms with Gasteiger partial charge in [0.15, 0.2) is 0 Å². The van der Waals surface area contributed by atoms with Crippen LogP contribution in [0.4, 0.5) is 0 Å². The summed E-state index contributed by atoms with van der Waals surface area (Å²) in [6.45, 7) is 0.644. The van der Waals surface area contributed by atoms with Gasteiger partial charge in [0.25, 0.3) is 0 Å². The standard InChI is InChI=1S/C14H18N2O2/c15-13(9-11-5-2-1-3-6-11)14(18)16-8-4-7-12(16)10-17/h1-3,5-6,10,12-13H,4,7-9,15H2/t12-,13-/m0/s1. The molecule has 0 aliphatic carbocycles. The number of rotatable bonds is 4. The van der Waals surface area contributed by atoms with Gasteiger partial charge in [-0.05, 0) is 24.8 Å². The molecule has 4 heteroatoms. The van der Waals surface area contributed by atoms with Gasteiger partial charge >= 0.3 is 0 Å². The molecule has 1 aromatic carbocycles. The van der Waals surface area contributed by atoms with E-state index < -0.39 is 6.04 Å². The van der Waals surface area contributed by atoms with Crippen molar-refractivity contribution in [2.75, 3.05) is 6.54 Å². The van der Waals surface area contributed by atoms with Gasteiger partial charge in [-0.2, -0.15) is 0 Å². The predicted octanol–water partition coefficient (Wildman–Crippen LogP) is 0.746. The number of hydrogen-bond donors (Lipinski definition) is 1. The number of nitrogens with zero attached hydrogens (tertiary/aromatic N) is 1. The van der Waals surface area contributed by atoms with Crippen LogP contribution in [-0.2, 0) is 16.0 Å². The smallest absolute Gasteiger partial charge is 0.240 e. The Balaban J connectivity index is 1.98. The topological polar surface area (TPSA) is 63.4 Å². The summed E-state index contributed by atoms with van der Waals surface area (Å²) >= 11 is 0. The minimum absolute atomic E-state index is 0.117. The van der Waals surface area contributed by atoms with E-state index in [-0.39, 0.29) is 11.9 Å². The molecule has 0 bridgehead atoms. The summed E-state index contributed by atoms with van der Waals surface area (Å²) < 4.78 is 0. The fraction of sp³-hybridized carbons (Fsp3) is 0.429. The highest BCUT2D eigenvalue weighted by Gasteiger charge is 2.31. The maximum atomic E-state index is 12.2. The highest BCUT2D eigenvalue weighted by atomic mass is 16.2. The zero-order valence-corrected chi connectivity index (χ0v) is 10.3. The van der Waals surface area contributed by atoms with Gasteiger partial charge in [-0.25, -0.2) is 0 Å². The van der Waals surface area contributed by atoms with E-state index >= 15 is 0 Å². The minimum atomic E-state index is -0.562. The Labute approximate surface area is 107 Å². The lowest BCUT2D eigenvalue weighted by Gasteiger charge is -2.24. The lowest BCUT2D eigenvalue weighted by atomic mass is 10.1. The average molecular weight is 246 g/mol. The lowest BCUT2D eigenvalue weighted by molar-refractivity contribution is -0.135. The summed E-state index contributed by atoms with van der Waals surface area (Å²) in [6.07, 6.45) is 3.00. The maximum Gasteiger partial charge on any atom is 0.240 e. The first-order valence-electron chi connectivity index (χ1n) is 6.27. The number of benzene rings is 1. The van der Waals surface area contributed by atoms with Crippen LogP contribution in [0.25, 0.3) is 0 Å². The molecule has 1 saturated heterocycles. The molecule has 1 fully saturated rings. The molecule has 0 radical (unpaired) electrons. The number of carbonyl (C=O) groups excluding carboxylic acids is 2. The van der Waals surface area contributed by atoms with Crippen molar-refractivity contribution in [3.63, 3.8) is 0 Å². The molecule has 0 spiro atoms. The zero-order chi connectivity index (χ0) is 13.0. The van der Waals surface area contributed by atoms with Gasteiger partial charge in [-0.3, -0.25) is 4.79 Å². The number of carbonyl (C=O) groups is 2. The third kappa shape index (κ3) is 2.76. The Morgan fingerprint density at radius 2 is 2.17 bits per heavy atom. The van der Waals surface area contributed by atoms with Crippen LogP contribution in [0.5, 0.6) is 0 Å². The number of amides is 1. The van der Waals surface area contributed by atoms with Crippen molar-refractivity contribution >= 4 is 12.2 Å². The summed E-state index contributed by atoms with van der Waals surface area (Å²) in [7, 11) is 0. The van der Waals surface area contributed by atoms with Crippen molar-refractivity contribution in [2.45, 2.75) is 31.3 Å². The van der Waals surface area contributed by atoms with Crippen LogP contribution in [0, 0.1) is 0 Å². The van der Waals surface area contributed by atoms with Crippen molar-refractivity contribution in [3.8, 4) is 0 Å². The quantitative estimate of drug-likeness (QED) is 0.797. The van der Waals surface area contributed by atoms with Crippen molar-refractivity contribution < 1.29 is 9.59 Å². The zero-order valence-electron chi connectivity index (χ0n) is 10.3. The van der Waals surface area contributed by atoms with Crippen LogP contribution in [-0.4, -0.2) is 35.7 Å². The van der Waals surface area contributed by atoms with Gasteiger partial charge in [0, 0.05) is 6.54 Å². The van der Waals surface area contributed by atoms with Crippen LogP contribution < -0.4 is 5.73 Å². The second-order valence-corrected chi connectivity index (χ2v) is 4.67. The maximum absolute atomic E-state index is 12.2. The Hall–Kier alpha value is -1.68. The molecule has 2 N–H and O–H groups in total. The van der Waals surface area contributed by atoms with Gasteiger partial charge in [-0.15, -0.1) is 0 Å². The first kappa shape index (κ1) is 12.8. The Morgan fingerprint density at radius 1 is 1.44 bits per heavy atom. The van der Waals surface area contributed by atoms with Gasteiger partial charge in [0.2, 0.25) is 5.91 Å². The first-order valence-corrected chi connectivity index (χ1v) is 6.27. The lowest BCUT2D eigenvalue weighted by Crippen LogP contribution is -2.47. The van der Waals surface area contributed by atoms with E-state index in [4.69, 9.17) is 5.73 Å². The SMILES string of the molecule is N[C@@H](Cc1ccccc1)C(=O)N1CCC[C@H]1C=O. The van der Waals surface area contributed by atoms with E-state index in [1.54, 1.807) is 4.90 Å². The van der Waals surface area contributed by atoms with E-state index in [2.05, 4.69) is 0 Å². The van der Waals surface area contributed by atoms with Crippen LogP contribution >= 0.6 is 0 Å². The molecule has 1 aliphatic heterocycles. The molecule has 2 atom stereocenters. The number of hydrogen-bond acceptors (Lipinski definition) is 3. The van der Waals surface area contributed by atoms with E-state index in [9.17, 15) is 9.59 Å². The minimum Gasteiger partial charge on any atom is -0.332 e. The highest BCUT2D eigenvalue weighted by Crippen LogP contribution is 2.17. The molecule has 1 aromatic rings. The average Bonchev–Trinajstić information content (AvgIpc) is 2.87.